The van der Waals surface area contributed by atoms with Gasteiger partial charge in [-0.05, 0) is 5.41 Å². The molecule has 0 N–H and O–H groups in total. The summed E-state index contributed by atoms with van der Waals surface area (Å²) in [5, 5.41) is 0. The first-order valence-corrected chi connectivity index (χ1v) is 3.99. The fraction of sp³-hybridized carbons (Fsp3) is 0.455. The van der Waals surface area contributed by atoms with Gasteiger partial charge in [0.15, 0.2) is 0 Å². The predicted molar refractivity (Wildman–Crippen MR) is 48.7 cm³/mol. The van der Waals surface area contributed by atoms with Crippen LogP contribution in [0.25, 0.3) is 0 Å². The predicted octanol–water partition coefficient (Wildman–Crippen LogP) is 3.09. The Hall–Kier alpha value is 0.324. The molecular weight excluding hydrogens is 221 g/mol. The zero-order valence-corrected chi connectivity index (χ0v) is 11.1. The summed E-state index contributed by atoms with van der Waals surface area (Å²) in [4.78, 5) is 0. The second-order valence-electron chi connectivity index (χ2n) is 4.01. The van der Waals surface area contributed by atoms with Crippen LogP contribution in [0.4, 0.5) is 0 Å². The molecule has 0 bridgehead atoms. The number of aryl methyl sites for hydroxylation is 1. The maximum atomic E-state index is 3.14. The molecule has 0 atom stereocenters. The molecule has 1 radical (unpaired) electrons. The van der Waals surface area contributed by atoms with Crippen molar-refractivity contribution in [2.45, 2.75) is 33.1 Å². The van der Waals surface area contributed by atoms with Crippen LogP contribution in [-0.4, -0.2) is 0 Å². The van der Waals surface area contributed by atoms with Crippen LogP contribution in [0.1, 0.15) is 31.9 Å². The van der Waals surface area contributed by atoms with E-state index >= 15 is 0 Å². The van der Waals surface area contributed by atoms with Gasteiger partial charge in [0.2, 0.25) is 0 Å². The summed E-state index contributed by atoms with van der Waals surface area (Å²) >= 11 is 0. The molecule has 63 valence electrons. The van der Waals surface area contributed by atoms with Crippen LogP contribution in [0.2, 0.25) is 0 Å². The van der Waals surface area contributed by atoms with Gasteiger partial charge in [-0.15, -0.1) is 0 Å². The van der Waals surface area contributed by atoms with Crippen molar-refractivity contribution in [2.24, 2.45) is 0 Å². The molecular formula is C11H15Y-. The molecule has 0 saturated carbocycles. The van der Waals surface area contributed by atoms with Crippen molar-refractivity contribution in [3.8, 4) is 0 Å². The van der Waals surface area contributed by atoms with Crippen molar-refractivity contribution in [1.29, 1.82) is 0 Å². The van der Waals surface area contributed by atoms with Crippen molar-refractivity contribution < 1.29 is 32.7 Å². The zero-order valence-electron chi connectivity index (χ0n) is 8.31. The van der Waals surface area contributed by atoms with Crippen molar-refractivity contribution in [3.05, 3.63) is 35.4 Å². The van der Waals surface area contributed by atoms with E-state index in [1.165, 1.54) is 11.1 Å². The molecule has 0 amide bonds. The van der Waals surface area contributed by atoms with Gasteiger partial charge < -0.3 is 0 Å². The van der Waals surface area contributed by atoms with Crippen LogP contribution >= 0.6 is 0 Å². The van der Waals surface area contributed by atoms with E-state index in [-0.39, 0.29) is 38.1 Å². The minimum absolute atomic E-state index is 0. The summed E-state index contributed by atoms with van der Waals surface area (Å²) in [7, 11) is 0. The fourth-order valence-corrected chi connectivity index (χ4v) is 1.05. The average molecular weight is 236 g/mol. The van der Waals surface area contributed by atoms with E-state index in [0.717, 1.165) is 0 Å². The second kappa shape index (κ2) is 4.53. The summed E-state index contributed by atoms with van der Waals surface area (Å²) < 4.78 is 0. The van der Waals surface area contributed by atoms with E-state index in [4.69, 9.17) is 0 Å². The van der Waals surface area contributed by atoms with E-state index in [9.17, 15) is 0 Å². The van der Waals surface area contributed by atoms with E-state index in [1.807, 2.05) is 6.07 Å². The topological polar surface area (TPSA) is 0 Å². The number of hydrogen-bond acceptors (Lipinski definition) is 0. The second-order valence-corrected chi connectivity index (χ2v) is 4.01. The van der Waals surface area contributed by atoms with Gasteiger partial charge in [0.05, 0.1) is 0 Å². The molecule has 1 heteroatoms. The molecule has 0 saturated heterocycles. The molecule has 0 nitrogen and oxygen atoms in total. The van der Waals surface area contributed by atoms with Crippen LogP contribution in [0.15, 0.2) is 18.2 Å². The Bertz CT molecular complexity index is 245. The molecule has 0 spiro atoms. The molecule has 0 heterocycles. The molecule has 1 aromatic rings. The maximum Gasteiger partial charge on any atom is 0 e. The standard InChI is InChI=1S/C11H15.Y/c1-9-6-5-7-10(8-9)11(2,3)4;/h5,7-8H,1-4H3;/q-1;. The Balaban J connectivity index is 0.00000121. The van der Waals surface area contributed by atoms with Gasteiger partial charge in [0, 0.05) is 32.7 Å². The number of benzene rings is 1. The summed E-state index contributed by atoms with van der Waals surface area (Å²) in [5.74, 6) is 0. The van der Waals surface area contributed by atoms with Gasteiger partial charge in [-0.1, -0.05) is 27.7 Å². The molecule has 1 rings (SSSR count). The molecule has 0 unspecified atom stereocenters. The monoisotopic (exact) mass is 236 g/mol. The van der Waals surface area contributed by atoms with Gasteiger partial charge in [-0.25, -0.2) is 0 Å². The van der Waals surface area contributed by atoms with E-state index < -0.39 is 0 Å². The third kappa shape index (κ3) is 3.37. The van der Waals surface area contributed by atoms with Gasteiger partial charge in [-0.3, -0.25) is 0 Å². The van der Waals surface area contributed by atoms with Crippen LogP contribution in [-0.2, 0) is 38.1 Å². The van der Waals surface area contributed by atoms with Crippen LogP contribution in [0.5, 0.6) is 0 Å². The zero-order chi connectivity index (χ0) is 8.48. The van der Waals surface area contributed by atoms with Crippen LogP contribution < -0.4 is 0 Å². The van der Waals surface area contributed by atoms with Crippen molar-refractivity contribution in [3.63, 3.8) is 0 Å². The largest absolute Gasteiger partial charge is 0.181 e. The number of rotatable bonds is 0. The quantitative estimate of drug-likeness (QED) is 0.607. The normalized spacial score (nSPS) is 10.7. The van der Waals surface area contributed by atoms with Crippen molar-refractivity contribution in [1.82, 2.24) is 0 Å². The van der Waals surface area contributed by atoms with Gasteiger partial charge in [0.1, 0.15) is 0 Å². The summed E-state index contributed by atoms with van der Waals surface area (Å²) in [6.45, 7) is 8.75. The first-order chi connectivity index (χ1) is 5.00. The third-order valence-corrected chi connectivity index (χ3v) is 1.81. The minimum Gasteiger partial charge on any atom is -0.181 e. The Morgan fingerprint density at radius 2 is 1.83 bits per heavy atom. The van der Waals surface area contributed by atoms with Gasteiger partial charge in [-0.2, -0.15) is 35.4 Å². The summed E-state index contributed by atoms with van der Waals surface area (Å²) in [6, 6.07) is 9.47. The molecule has 0 fully saturated rings. The SMILES string of the molecule is Cc1[c-]ccc(C(C)(C)C)c1.[Y]. The molecule has 1 aromatic carbocycles. The van der Waals surface area contributed by atoms with E-state index in [1.54, 1.807) is 0 Å². The maximum absolute atomic E-state index is 3.14. The average Bonchev–Trinajstić information content (AvgIpc) is 1.86. The Labute approximate surface area is 101 Å². The molecule has 0 aromatic heterocycles. The minimum atomic E-state index is 0. The van der Waals surface area contributed by atoms with Crippen molar-refractivity contribution >= 4 is 0 Å². The number of hydrogen-bond donors (Lipinski definition) is 0. The van der Waals surface area contributed by atoms with E-state index in [2.05, 4.69) is 45.9 Å². The first-order valence-electron chi connectivity index (χ1n) is 3.99. The van der Waals surface area contributed by atoms with Gasteiger partial charge in [0.25, 0.3) is 0 Å². The third-order valence-electron chi connectivity index (χ3n) is 1.81. The Kier molecular flexibility index (Phi) is 4.65. The smallest absolute Gasteiger partial charge is 0 e. The fourth-order valence-electron chi connectivity index (χ4n) is 1.05. The molecule has 0 aliphatic carbocycles. The van der Waals surface area contributed by atoms with E-state index in [0.29, 0.717) is 0 Å². The van der Waals surface area contributed by atoms with Crippen LogP contribution in [0.3, 0.4) is 0 Å². The molecule has 0 aliphatic rings. The summed E-state index contributed by atoms with van der Waals surface area (Å²) in [5.41, 5.74) is 2.87. The molecule has 12 heavy (non-hydrogen) atoms. The first kappa shape index (κ1) is 12.3. The Morgan fingerprint density at radius 1 is 1.25 bits per heavy atom. The van der Waals surface area contributed by atoms with Gasteiger partial charge >= 0.3 is 0 Å². The molecule has 0 aliphatic heterocycles. The summed E-state index contributed by atoms with van der Waals surface area (Å²) in [6.07, 6.45) is 0. The van der Waals surface area contributed by atoms with Crippen molar-refractivity contribution in [2.75, 3.05) is 0 Å². The van der Waals surface area contributed by atoms with Crippen LogP contribution in [0, 0.1) is 13.0 Å². The Morgan fingerprint density at radius 3 is 2.17 bits per heavy atom.